The Hall–Kier alpha value is -3.74. The van der Waals surface area contributed by atoms with Crippen molar-refractivity contribution >= 4 is 5.91 Å². The highest BCUT2D eigenvalue weighted by atomic mass is 16.5. The minimum atomic E-state index is -1.38. The first-order valence-corrected chi connectivity index (χ1v) is 12.1. The van der Waals surface area contributed by atoms with E-state index < -0.39 is 18.6 Å². The van der Waals surface area contributed by atoms with Crippen LogP contribution in [0.5, 0.6) is 5.75 Å². The fraction of sp³-hybridized carbons (Fsp3) is 0.407. The quantitative estimate of drug-likeness (QED) is 0.541. The number of amides is 1. The summed E-state index contributed by atoms with van der Waals surface area (Å²) in [5, 5.41) is 32.7. The Morgan fingerprint density at radius 1 is 1.31 bits per heavy atom. The molecular formula is C27H28N4O5. The fourth-order valence-corrected chi connectivity index (χ4v) is 5.39. The topological polar surface area (TPSA) is 133 Å². The van der Waals surface area contributed by atoms with Crippen LogP contribution in [0.1, 0.15) is 43.4 Å². The van der Waals surface area contributed by atoms with E-state index in [2.05, 4.69) is 22.3 Å². The second-order valence-electron chi connectivity index (χ2n) is 9.73. The zero-order chi connectivity index (χ0) is 25.4. The van der Waals surface area contributed by atoms with E-state index in [1.807, 2.05) is 26.0 Å². The van der Waals surface area contributed by atoms with Gasteiger partial charge in [0.2, 0.25) is 5.82 Å². The summed E-state index contributed by atoms with van der Waals surface area (Å²) in [6.07, 6.45) is 1.07. The molecule has 1 amide bonds. The lowest BCUT2D eigenvalue weighted by Crippen LogP contribution is -2.41. The van der Waals surface area contributed by atoms with Gasteiger partial charge in [-0.1, -0.05) is 23.4 Å². The third-order valence-corrected chi connectivity index (χ3v) is 7.10. The van der Waals surface area contributed by atoms with Crippen LogP contribution in [0, 0.1) is 11.3 Å². The number of carbonyl (C=O) groups excluding carboxylic acids is 1. The predicted molar refractivity (Wildman–Crippen MR) is 130 cm³/mol. The molecule has 0 saturated carbocycles. The number of aliphatic hydroxyl groups excluding tert-OH is 2. The van der Waals surface area contributed by atoms with Gasteiger partial charge in [-0.25, -0.2) is 0 Å². The summed E-state index contributed by atoms with van der Waals surface area (Å²) < 4.78 is 11.3. The van der Waals surface area contributed by atoms with Crippen LogP contribution in [0.15, 0.2) is 40.9 Å². The van der Waals surface area contributed by atoms with E-state index in [0.717, 1.165) is 30.4 Å². The summed E-state index contributed by atoms with van der Waals surface area (Å²) in [4.78, 5) is 18.7. The van der Waals surface area contributed by atoms with Crippen LogP contribution in [0.4, 0.5) is 0 Å². The third kappa shape index (κ3) is 4.12. The van der Waals surface area contributed by atoms with E-state index in [0.29, 0.717) is 41.7 Å². The molecule has 0 bridgehead atoms. The summed E-state index contributed by atoms with van der Waals surface area (Å²) in [6.45, 7) is 4.29. The predicted octanol–water partition coefficient (Wildman–Crippen LogP) is 2.83. The number of nitriles is 1. The van der Waals surface area contributed by atoms with Crippen molar-refractivity contribution in [1.29, 1.82) is 5.26 Å². The number of carbonyl (C=O) groups is 1. The van der Waals surface area contributed by atoms with Crippen LogP contribution in [0.3, 0.4) is 0 Å². The highest BCUT2D eigenvalue weighted by Crippen LogP contribution is 2.48. The van der Waals surface area contributed by atoms with Crippen molar-refractivity contribution in [3.63, 3.8) is 0 Å². The zero-order valence-electron chi connectivity index (χ0n) is 20.3. The molecule has 186 valence electrons. The van der Waals surface area contributed by atoms with Crippen molar-refractivity contribution in [2.24, 2.45) is 0 Å². The van der Waals surface area contributed by atoms with Gasteiger partial charge in [0, 0.05) is 29.6 Å². The van der Waals surface area contributed by atoms with Crippen molar-refractivity contribution in [2.75, 3.05) is 19.7 Å². The molecule has 1 aromatic heterocycles. The number of aromatic nitrogens is 2. The maximum Gasteiger partial charge on any atom is 0.258 e. The first-order chi connectivity index (χ1) is 17.3. The van der Waals surface area contributed by atoms with E-state index in [1.165, 1.54) is 5.56 Å². The van der Waals surface area contributed by atoms with Gasteiger partial charge in [0.25, 0.3) is 11.8 Å². The van der Waals surface area contributed by atoms with E-state index in [1.54, 1.807) is 23.1 Å². The first kappa shape index (κ1) is 24.0. The number of benzene rings is 2. The average molecular weight is 489 g/mol. The summed E-state index contributed by atoms with van der Waals surface area (Å²) in [6, 6.07) is 13.4. The smallest absolute Gasteiger partial charge is 0.258 e. The monoisotopic (exact) mass is 488 g/mol. The molecule has 5 rings (SSSR count). The van der Waals surface area contributed by atoms with Crippen molar-refractivity contribution in [3.05, 3.63) is 53.1 Å². The van der Waals surface area contributed by atoms with Gasteiger partial charge >= 0.3 is 0 Å². The fourth-order valence-electron chi connectivity index (χ4n) is 5.39. The minimum Gasteiger partial charge on any atom is -0.490 e. The second-order valence-corrected chi connectivity index (χ2v) is 9.73. The molecular weight excluding hydrogens is 460 g/mol. The third-order valence-electron chi connectivity index (χ3n) is 7.10. The Labute approximate surface area is 208 Å². The summed E-state index contributed by atoms with van der Waals surface area (Å²) in [5.74, 6) is 0.876. The number of aliphatic hydroxyl groups is 2. The standard InChI is InChI=1S/C27H28N4O5/c1-16(2)35-23-7-6-17(12-18(23)13-28)25-29-24(30-36-25)20-4-3-5-21-19(20)8-9-27(21)10-11-31(15-27)26(34)22(33)14-32/h3-7,12,16,22,32-33H,8-11,14-15H2,1-2H3. The maximum absolute atomic E-state index is 12.4. The molecule has 36 heavy (non-hydrogen) atoms. The van der Waals surface area contributed by atoms with Gasteiger partial charge in [0.1, 0.15) is 11.8 Å². The Kier molecular flexibility index (Phi) is 6.24. The maximum atomic E-state index is 12.4. The van der Waals surface area contributed by atoms with E-state index in [4.69, 9.17) is 14.4 Å². The van der Waals surface area contributed by atoms with Crippen molar-refractivity contribution in [1.82, 2.24) is 15.0 Å². The number of ether oxygens (including phenoxy) is 1. The lowest BCUT2D eigenvalue weighted by molar-refractivity contribution is -0.141. The molecule has 1 saturated heterocycles. The van der Waals surface area contributed by atoms with Crippen LogP contribution >= 0.6 is 0 Å². The molecule has 9 nitrogen and oxygen atoms in total. The zero-order valence-corrected chi connectivity index (χ0v) is 20.3. The lowest BCUT2D eigenvalue weighted by atomic mass is 9.81. The normalized spacial score (nSPS) is 19.5. The van der Waals surface area contributed by atoms with Crippen molar-refractivity contribution < 1.29 is 24.3 Å². The highest BCUT2D eigenvalue weighted by Gasteiger charge is 2.46. The van der Waals surface area contributed by atoms with Crippen LogP contribution < -0.4 is 4.74 Å². The van der Waals surface area contributed by atoms with Gasteiger partial charge in [-0.3, -0.25) is 4.79 Å². The van der Waals surface area contributed by atoms with Crippen LogP contribution in [-0.2, 0) is 16.6 Å². The number of likely N-dealkylation sites (tertiary alicyclic amines) is 1. The molecule has 2 unspecified atom stereocenters. The van der Waals surface area contributed by atoms with E-state index in [-0.39, 0.29) is 11.5 Å². The van der Waals surface area contributed by atoms with Gasteiger partial charge in [-0.05, 0) is 62.4 Å². The van der Waals surface area contributed by atoms with Crippen LogP contribution in [-0.4, -0.2) is 63.1 Å². The SMILES string of the molecule is CC(C)Oc1ccc(-c2nc(-c3cccc4c3CCC43CCN(C(=O)C(O)CO)C3)no2)cc1C#N. The molecule has 0 radical (unpaired) electrons. The lowest BCUT2D eigenvalue weighted by Gasteiger charge is -2.26. The molecule has 2 N–H and O–H groups in total. The average Bonchev–Trinajstić information content (AvgIpc) is 3.63. The molecule has 2 heterocycles. The number of hydrogen-bond acceptors (Lipinski definition) is 8. The Morgan fingerprint density at radius 3 is 2.89 bits per heavy atom. The van der Waals surface area contributed by atoms with E-state index >= 15 is 0 Å². The summed E-state index contributed by atoms with van der Waals surface area (Å²) in [7, 11) is 0. The van der Waals surface area contributed by atoms with Gasteiger partial charge < -0.3 is 24.4 Å². The Bertz CT molecular complexity index is 1340. The van der Waals surface area contributed by atoms with Gasteiger partial charge in [0.15, 0.2) is 6.10 Å². The van der Waals surface area contributed by atoms with E-state index in [9.17, 15) is 15.2 Å². The second kappa shape index (κ2) is 9.37. The minimum absolute atomic E-state index is 0.0498. The van der Waals surface area contributed by atoms with Gasteiger partial charge in [-0.15, -0.1) is 0 Å². The molecule has 2 atom stereocenters. The summed E-state index contributed by atoms with van der Waals surface area (Å²) >= 11 is 0. The number of fused-ring (bicyclic) bond motifs is 2. The molecule has 2 aromatic carbocycles. The van der Waals surface area contributed by atoms with Crippen LogP contribution in [0.25, 0.3) is 22.8 Å². The van der Waals surface area contributed by atoms with Gasteiger partial charge in [-0.2, -0.15) is 10.2 Å². The van der Waals surface area contributed by atoms with Crippen molar-refractivity contribution in [3.8, 4) is 34.7 Å². The Balaban J connectivity index is 1.43. The first-order valence-electron chi connectivity index (χ1n) is 12.1. The number of hydrogen-bond donors (Lipinski definition) is 2. The number of rotatable bonds is 6. The molecule has 1 fully saturated rings. The highest BCUT2D eigenvalue weighted by molar-refractivity contribution is 5.81. The molecule has 1 spiro atoms. The van der Waals surface area contributed by atoms with Crippen LogP contribution in [0.2, 0.25) is 0 Å². The molecule has 2 aliphatic rings. The summed E-state index contributed by atoms with van der Waals surface area (Å²) in [5.41, 5.74) is 4.05. The number of nitrogens with zero attached hydrogens (tertiary/aromatic N) is 4. The van der Waals surface area contributed by atoms with Gasteiger partial charge in [0.05, 0.1) is 18.3 Å². The molecule has 1 aliphatic heterocycles. The molecule has 3 aromatic rings. The largest absolute Gasteiger partial charge is 0.490 e. The molecule has 1 aliphatic carbocycles. The molecule has 9 heteroatoms. The van der Waals surface area contributed by atoms with Crippen molar-refractivity contribution in [2.45, 2.75) is 50.7 Å². The Morgan fingerprint density at radius 2 is 2.14 bits per heavy atom.